The van der Waals surface area contributed by atoms with Gasteiger partial charge in [0.1, 0.15) is 11.2 Å². The molecule has 1 heteroatoms. The van der Waals surface area contributed by atoms with Crippen molar-refractivity contribution >= 4 is 54.3 Å². The van der Waals surface area contributed by atoms with Crippen LogP contribution in [-0.2, 0) is 0 Å². The van der Waals surface area contributed by atoms with Crippen LogP contribution in [0.5, 0.6) is 0 Å². The number of furan rings is 1. The molecule has 0 aliphatic rings. The van der Waals surface area contributed by atoms with Crippen LogP contribution in [0.25, 0.3) is 98.8 Å². The molecule has 0 N–H and O–H groups in total. The van der Waals surface area contributed by atoms with Crippen molar-refractivity contribution in [3.05, 3.63) is 170 Å². The average Bonchev–Trinajstić information content (AvgIpc) is 3.54. The molecule has 0 fully saturated rings. The lowest BCUT2D eigenvalue weighted by Crippen LogP contribution is -1.95. The summed E-state index contributed by atoms with van der Waals surface area (Å²) in [5.74, 6) is 0. The molecule has 0 saturated carbocycles. The van der Waals surface area contributed by atoms with E-state index in [4.69, 9.17) is 4.42 Å². The van der Waals surface area contributed by atoms with E-state index in [-0.39, 0.29) is 0 Å². The molecule has 0 aliphatic heterocycles. The van der Waals surface area contributed by atoms with E-state index in [0.717, 1.165) is 11.2 Å². The molecule has 0 unspecified atom stereocenters. The first kappa shape index (κ1) is 26.1. The highest BCUT2D eigenvalue weighted by molar-refractivity contribution is 6.34. The lowest BCUT2D eigenvalue weighted by Gasteiger charge is -2.22. The Balaban J connectivity index is 1.43. The van der Waals surface area contributed by atoms with E-state index >= 15 is 0 Å². The average molecular weight is 597 g/mol. The summed E-state index contributed by atoms with van der Waals surface area (Å²) in [6.45, 7) is 0. The van der Waals surface area contributed by atoms with Gasteiger partial charge in [0.2, 0.25) is 0 Å². The summed E-state index contributed by atoms with van der Waals surface area (Å²) in [6.07, 6.45) is 0. The molecule has 0 atom stereocenters. The van der Waals surface area contributed by atoms with Crippen LogP contribution >= 0.6 is 0 Å². The summed E-state index contributed by atoms with van der Waals surface area (Å²) in [5.41, 5.74) is 11.7. The van der Waals surface area contributed by atoms with Gasteiger partial charge in [-0.1, -0.05) is 152 Å². The summed E-state index contributed by atoms with van der Waals surface area (Å²) >= 11 is 0. The van der Waals surface area contributed by atoms with Crippen molar-refractivity contribution in [2.45, 2.75) is 0 Å². The molecule has 0 saturated heterocycles. The van der Waals surface area contributed by atoms with Gasteiger partial charge in [-0.15, -0.1) is 0 Å². The van der Waals surface area contributed by atoms with Crippen molar-refractivity contribution in [1.82, 2.24) is 0 Å². The molecule has 0 aliphatic carbocycles. The Labute approximate surface area is 272 Å². The maximum Gasteiger partial charge on any atom is 0.136 e. The third kappa shape index (κ3) is 3.84. The summed E-state index contributed by atoms with van der Waals surface area (Å²) in [4.78, 5) is 0. The molecule has 0 amide bonds. The van der Waals surface area contributed by atoms with Gasteiger partial charge in [-0.25, -0.2) is 0 Å². The van der Waals surface area contributed by atoms with Gasteiger partial charge in [-0.05, 0) is 95.0 Å². The minimum Gasteiger partial charge on any atom is -0.456 e. The predicted octanol–water partition coefficient (Wildman–Crippen LogP) is 13.2. The van der Waals surface area contributed by atoms with Crippen LogP contribution in [0.2, 0.25) is 0 Å². The normalized spacial score (nSPS) is 11.8. The fourth-order valence-electron chi connectivity index (χ4n) is 7.91. The minimum atomic E-state index is 0.925. The zero-order valence-corrected chi connectivity index (χ0v) is 25.6. The van der Waals surface area contributed by atoms with Crippen LogP contribution in [0.1, 0.15) is 0 Å². The number of hydrogen-bond acceptors (Lipinski definition) is 1. The van der Waals surface area contributed by atoms with Crippen LogP contribution in [0.3, 0.4) is 0 Å². The van der Waals surface area contributed by atoms with E-state index in [1.165, 1.54) is 87.6 Å². The Hall–Kier alpha value is -6.18. The van der Waals surface area contributed by atoms with Crippen molar-refractivity contribution in [2.75, 3.05) is 0 Å². The standard InChI is InChI=1S/C46H28O/c1-3-14-29(15-4-1)31-18-11-19-32(28-31)42-37-24-12-26-39-44(37)45-38(25-13-27-40(45)47-39)46(42)43-35-22-9-7-20-33(35)41(30-16-5-2-6-17-30)34-21-8-10-23-36(34)43/h1-28H. The Bertz CT molecular complexity index is 2710. The van der Waals surface area contributed by atoms with Gasteiger partial charge in [-0.2, -0.15) is 0 Å². The molecule has 1 heterocycles. The maximum absolute atomic E-state index is 6.54. The fraction of sp³-hybridized carbons (Fsp3) is 0. The van der Waals surface area contributed by atoms with Gasteiger partial charge >= 0.3 is 0 Å². The maximum atomic E-state index is 6.54. The highest BCUT2D eigenvalue weighted by atomic mass is 16.3. The molecule has 9 aromatic carbocycles. The molecule has 47 heavy (non-hydrogen) atoms. The largest absolute Gasteiger partial charge is 0.456 e. The van der Waals surface area contributed by atoms with Crippen LogP contribution in [0.4, 0.5) is 0 Å². The van der Waals surface area contributed by atoms with E-state index in [9.17, 15) is 0 Å². The van der Waals surface area contributed by atoms with E-state index in [1.807, 2.05) is 0 Å². The Morgan fingerprint density at radius 1 is 0.255 bits per heavy atom. The molecule has 10 aromatic rings. The fourth-order valence-corrected chi connectivity index (χ4v) is 7.91. The van der Waals surface area contributed by atoms with Gasteiger partial charge in [-0.3, -0.25) is 0 Å². The topological polar surface area (TPSA) is 13.1 Å². The lowest BCUT2D eigenvalue weighted by molar-refractivity contribution is 0.669. The zero-order chi connectivity index (χ0) is 30.9. The number of fused-ring (bicyclic) bond motifs is 2. The molecule has 10 rings (SSSR count). The zero-order valence-electron chi connectivity index (χ0n) is 25.6. The second-order valence-corrected chi connectivity index (χ2v) is 12.4. The monoisotopic (exact) mass is 596 g/mol. The number of rotatable bonds is 4. The summed E-state index contributed by atoms with van der Waals surface area (Å²) < 4.78 is 6.54. The molecule has 0 spiro atoms. The second kappa shape index (κ2) is 10.2. The van der Waals surface area contributed by atoms with Crippen LogP contribution in [0.15, 0.2) is 174 Å². The van der Waals surface area contributed by atoms with Gasteiger partial charge in [0.05, 0.1) is 0 Å². The van der Waals surface area contributed by atoms with E-state index in [1.54, 1.807) is 0 Å². The van der Waals surface area contributed by atoms with Crippen LogP contribution < -0.4 is 0 Å². The van der Waals surface area contributed by atoms with E-state index < -0.39 is 0 Å². The van der Waals surface area contributed by atoms with Crippen molar-refractivity contribution < 1.29 is 4.42 Å². The van der Waals surface area contributed by atoms with Crippen LogP contribution in [0, 0.1) is 0 Å². The molecule has 218 valence electrons. The number of hydrogen-bond donors (Lipinski definition) is 0. The summed E-state index contributed by atoms with van der Waals surface area (Å²) in [5, 5.41) is 9.79. The first-order valence-electron chi connectivity index (χ1n) is 16.2. The minimum absolute atomic E-state index is 0.925. The molecule has 0 radical (unpaired) electrons. The molecule has 0 bridgehead atoms. The Kier molecular flexibility index (Phi) is 5.64. The van der Waals surface area contributed by atoms with Crippen molar-refractivity contribution in [3.8, 4) is 44.5 Å². The highest BCUT2D eigenvalue weighted by Crippen LogP contribution is 2.53. The molecular weight excluding hydrogens is 569 g/mol. The highest BCUT2D eigenvalue weighted by Gasteiger charge is 2.26. The molecular formula is C46H28O. The quantitative estimate of drug-likeness (QED) is 0.145. The predicted molar refractivity (Wildman–Crippen MR) is 199 cm³/mol. The third-order valence-electron chi connectivity index (χ3n) is 9.81. The van der Waals surface area contributed by atoms with E-state index in [0.29, 0.717) is 0 Å². The van der Waals surface area contributed by atoms with Gasteiger partial charge in [0, 0.05) is 10.8 Å². The molecule has 1 nitrogen and oxygen atoms in total. The molecule has 1 aromatic heterocycles. The first-order chi connectivity index (χ1) is 23.3. The Morgan fingerprint density at radius 3 is 1.28 bits per heavy atom. The van der Waals surface area contributed by atoms with Gasteiger partial charge in [0.15, 0.2) is 0 Å². The number of benzene rings is 9. The Morgan fingerprint density at radius 2 is 0.681 bits per heavy atom. The van der Waals surface area contributed by atoms with Crippen molar-refractivity contribution in [1.29, 1.82) is 0 Å². The second-order valence-electron chi connectivity index (χ2n) is 12.4. The summed E-state index contributed by atoms with van der Waals surface area (Å²) in [6, 6.07) is 61.5. The lowest BCUT2D eigenvalue weighted by atomic mass is 9.80. The van der Waals surface area contributed by atoms with Crippen molar-refractivity contribution in [2.24, 2.45) is 0 Å². The first-order valence-corrected chi connectivity index (χ1v) is 16.2. The SMILES string of the molecule is c1ccc(-c2cccc(-c3c(-c4c5ccccc5c(-c5ccccc5)c5ccccc45)c4cccc5oc6cccc3c6c54)c2)cc1. The van der Waals surface area contributed by atoms with E-state index in [2.05, 4.69) is 170 Å². The summed E-state index contributed by atoms with van der Waals surface area (Å²) in [7, 11) is 0. The van der Waals surface area contributed by atoms with Gasteiger partial charge in [0.25, 0.3) is 0 Å². The van der Waals surface area contributed by atoms with Crippen molar-refractivity contribution in [3.63, 3.8) is 0 Å². The van der Waals surface area contributed by atoms with Gasteiger partial charge < -0.3 is 4.42 Å². The van der Waals surface area contributed by atoms with Crippen LogP contribution in [-0.4, -0.2) is 0 Å². The third-order valence-corrected chi connectivity index (χ3v) is 9.81. The smallest absolute Gasteiger partial charge is 0.136 e.